The molecule has 2 fully saturated rings. The molecule has 0 spiro atoms. The molecular formula is C14H16BrNO2S. The highest BCUT2D eigenvalue weighted by Gasteiger charge is 2.45. The molecule has 0 aromatic heterocycles. The van der Waals surface area contributed by atoms with E-state index < -0.39 is 10.0 Å². The Bertz CT molecular complexity index is 593. The average Bonchev–Trinajstić information content (AvgIpc) is 2.64. The maximum absolute atomic E-state index is 12.7. The Morgan fingerprint density at radius 1 is 1.11 bits per heavy atom. The number of nitrogens with zero attached hydrogens (tertiary/aromatic N) is 1. The van der Waals surface area contributed by atoms with Crippen LogP contribution in [-0.2, 0) is 10.0 Å². The van der Waals surface area contributed by atoms with Crippen LogP contribution in [0.25, 0.3) is 0 Å². The van der Waals surface area contributed by atoms with Gasteiger partial charge >= 0.3 is 0 Å². The Morgan fingerprint density at radius 3 is 2.16 bits per heavy atom. The molecule has 2 aliphatic heterocycles. The van der Waals surface area contributed by atoms with Crippen molar-refractivity contribution >= 4 is 26.0 Å². The summed E-state index contributed by atoms with van der Waals surface area (Å²) < 4.78 is 28.1. The number of sulfonamides is 1. The van der Waals surface area contributed by atoms with Gasteiger partial charge in [0.2, 0.25) is 10.0 Å². The molecule has 0 saturated carbocycles. The van der Waals surface area contributed by atoms with Gasteiger partial charge in [-0.1, -0.05) is 28.1 Å². The van der Waals surface area contributed by atoms with Crippen LogP contribution in [-0.4, -0.2) is 24.8 Å². The molecule has 1 aromatic rings. The zero-order chi connectivity index (χ0) is 13.6. The lowest BCUT2D eigenvalue weighted by atomic mass is 10.0. The van der Waals surface area contributed by atoms with E-state index in [1.165, 1.54) is 5.57 Å². The Morgan fingerprint density at radius 2 is 1.63 bits per heavy atom. The van der Waals surface area contributed by atoms with E-state index in [1.807, 2.05) is 0 Å². The van der Waals surface area contributed by atoms with Gasteiger partial charge < -0.3 is 0 Å². The highest BCUT2D eigenvalue weighted by Crippen LogP contribution is 2.41. The van der Waals surface area contributed by atoms with Gasteiger partial charge in [-0.3, -0.25) is 0 Å². The Kier molecular flexibility index (Phi) is 3.31. The number of piperidine rings is 1. The lowest BCUT2D eigenvalue weighted by Crippen LogP contribution is -2.44. The molecule has 102 valence electrons. The van der Waals surface area contributed by atoms with Crippen molar-refractivity contribution in [3.05, 3.63) is 40.9 Å². The minimum absolute atomic E-state index is 0.111. The molecule has 3 nitrogen and oxygen atoms in total. The molecule has 0 radical (unpaired) electrons. The van der Waals surface area contributed by atoms with Gasteiger partial charge in [0.15, 0.2) is 0 Å². The van der Waals surface area contributed by atoms with Gasteiger partial charge in [-0.25, -0.2) is 8.42 Å². The molecule has 0 N–H and O–H groups in total. The number of hydrogen-bond acceptors (Lipinski definition) is 2. The second-order valence-corrected chi connectivity index (χ2v) is 8.09. The van der Waals surface area contributed by atoms with Gasteiger partial charge in [-0.15, -0.1) is 0 Å². The van der Waals surface area contributed by atoms with Gasteiger partial charge in [0.05, 0.1) is 4.90 Å². The van der Waals surface area contributed by atoms with Crippen LogP contribution in [0.1, 0.15) is 25.7 Å². The van der Waals surface area contributed by atoms with Crippen molar-refractivity contribution in [2.24, 2.45) is 0 Å². The molecule has 2 heterocycles. The fourth-order valence-corrected chi connectivity index (χ4v) is 5.32. The maximum Gasteiger partial charge on any atom is 0.243 e. The van der Waals surface area contributed by atoms with E-state index in [-0.39, 0.29) is 12.1 Å². The van der Waals surface area contributed by atoms with E-state index in [4.69, 9.17) is 0 Å². The fourth-order valence-electron chi connectivity index (χ4n) is 3.19. The summed E-state index contributed by atoms with van der Waals surface area (Å²) in [7, 11) is -3.37. The number of halogens is 1. The third-order valence-corrected chi connectivity index (χ3v) is 6.54. The van der Waals surface area contributed by atoms with E-state index in [9.17, 15) is 8.42 Å². The van der Waals surface area contributed by atoms with Crippen molar-refractivity contribution in [2.45, 2.75) is 42.7 Å². The fraction of sp³-hybridized carbons (Fsp3) is 0.429. The monoisotopic (exact) mass is 341 g/mol. The highest BCUT2D eigenvalue weighted by molar-refractivity contribution is 9.10. The van der Waals surface area contributed by atoms with Crippen molar-refractivity contribution < 1.29 is 8.42 Å². The summed E-state index contributed by atoms with van der Waals surface area (Å²) in [4.78, 5) is 0.389. The van der Waals surface area contributed by atoms with Crippen molar-refractivity contribution in [3.63, 3.8) is 0 Å². The second-order valence-electron chi connectivity index (χ2n) is 5.33. The molecular weight excluding hydrogens is 326 g/mol. The summed E-state index contributed by atoms with van der Waals surface area (Å²) in [6.45, 7) is 4.03. The molecule has 0 amide bonds. The van der Waals surface area contributed by atoms with E-state index >= 15 is 0 Å². The smallest absolute Gasteiger partial charge is 0.207 e. The van der Waals surface area contributed by atoms with E-state index in [2.05, 4.69) is 22.5 Å². The van der Waals surface area contributed by atoms with Gasteiger partial charge in [0.1, 0.15) is 0 Å². The quantitative estimate of drug-likeness (QED) is 0.773. The van der Waals surface area contributed by atoms with Crippen LogP contribution in [0.3, 0.4) is 0 Å². The van der Waals surface area contributed by atoms with Crippen LogP contribution in [0, 0.1) is 0 Å². The standard InChI is InChI=1S/C14H16BrNO2S/c1-10-8-12-4-5-13(9-10)16(12)19(17,18)14-6-2-11(15)3-7-14/h2-3,6-7,12-13H,1,4-5,8-9H2/t12-,13+. The molecule has 2 atom stereocenters. The van der Waals surface area contributed by atoms with Crippen LogP contribution in [0.2, 0.25) is 0 Å². The van der Waals surface area contributed by atoms with Crippen LogP contribution in [0.15, 0.2) is 45.8 Å². The first-order valence-electron chi connectivity index (χ1n) is 6.44. The summed E-state index contributed by atoms with van der Waals surface area (Å²) >= 11 is 3.33. The van der Waals surface area contributed by atoms with Crippen molar-refractivity contribution in [3.8, 4) is 0 Å². The molecule has 5 heteroatoms. The third-order valence-electron chi connectivity index (χ3n) is 3.99. The normalized spacial score (nSPS) is 27.7. The number of fused-ring (bicyclic) bond motifs is 2. The minimum atomic E-state index is -3.37. The van der Waals surface area contributed by atoms with Gasteiger partial charge in [-0.2, -0.15) is 4.31 Å². The Balaban J connectivity index is 1.97. The summed E-state index contributed by atoms with van der Waals surface area (Å²) in [6, 6.07) is 7.11. The SMILES string of the molecule is C=C1C[C@H]2CC[C@@H](C1)N2S(=O)(=O)c1ccc(Br)cc1. The first-order valence-corrected chi connectivity index (χ1v) is 8.67. The Labute approximate surface area is 122 Å². The van der Waals surface area contributed by atoms with Crippen LogP contribution in [0.5, 0.6) is 0 Å². The number of hydrogen-bond donors (Lipinski definition) is 0. The van der Waals surface area contributed by atoms with Crippen molar-refractivity contribution in [1.82, 2.24) is 4.31 Å². The van der Waals surface area contributed by atoms with Crippen LogP contribution < -0.4 is 0 Å². The summed E-state index contributed by atoms with van der Waals surface area (Å²) in [5.74, 6) is 0. The molecule has 2 saturated heterocycles. The first kappa shape index (κ1) is 13.3. The second kappa shape index (κ2) is 4.72. The largest absolute Gasteiger partial charge is 0.243 e. The summed E-state index contributed by atoms with van der Waals surface area (Å²) in [6.07, 6.45) is 3.54. The molecule has 19 heavy (non-hydrogen) atoms. The van der Waals surface area contributed by atoms with Crippen LogP contribution in [0.4, 0.5) is 0 Å². The molecule has 3 rings (SSSR count). The highest BCUT2D eigenvalue weighted by atomic mass is 79.9. The number of benzene rings is 1. The lowest BCUT2D eigenvalue weighted by molar-refractivity contribution is 0.286. The molecule has 1 aromatic carbocycles. The maximum atomic E-state index is 12.7. The zero-order valence-electron chi connectivity index (χ0n) is 10.5. The predicted molar refractivity (Wildman–Crippen MR) is 78.4 cm³/mol. The molecule has 0 aliphatic carbocycles. The third kappa shape index (κ3) is 2.28. The summed E-state index contributed by atoms with van der Waals surface area (Å²) in [5.41, 5.74) is 1.19. The van der Waals surface area contributed by atoms with E-state index in [0.717, 1.165) is 30.2 Å². The van der Waals surface area contributed by atoms with Crippen molar-refractivity contribution in [1.29, 1.82) is 0 Å². The van der Waals surface area contributed by atoms with Gasteiger partial charge in [0.25, 0.3) is 0 Å². The van der Waals surface area contributed by atoms with E-state index in [0.29, 0.717) is 4.90 Å². The lowest BCUT2D eigenvalue weighted by Gasteiger charge is -2.34. The molecule has 0 unspecified atom stereocenters. The zero-order valence-corrected chi connectivity index (χ0v) is 13.0. The van der Waals surface area contributed by atoms with E-state index in [1.54, 1.807) is 28.6 Å². The van der Waals surface area contributed by atoms with Crippen molar-refractivity contribution in [2.75, 3.05) is 0 Å². The average molecular weight is 342 g/mol. The van der Waals surface area contributed by atoms with Crippen LogP contribution >= 0.6 is 15.9 Å². The predicted octanol–water partition coefficient (Wildman–Crippen LogP) is 3.32. The summed E-state index contributed by atoms with van der Waals surface area (Å²) in [5, 5.41) is 0. The molecule has 2 bridgehead atoms. The minimum Gasteiger partial charge on any atom is -0.207 e. The first-order chi connectivity index (χ1) is 8.98. The Hall–Kier alpha value is -0.650. The topological polar surface area (TPSA) is 37.4 Å². The van der Waals surface area contributed by atoms with Gasteiger partial charge in [-0.05, 0) is 49.9 Å². The van der Waals surface area contributed by atoms with Gasteiger partial charge in [0, 0.05) is 16.6 Å². The molecule has 2 aliphatic rings. The number of rotatable bonds is 2.